The van der Waals surface area contributed by atoms with Crippen molar-refractivity contribution in [1.82, 2.24) is 5.32 Å². The van der Waals surface area contributed by atoms with Gasteiger partial charge in [0.2, 0.25) is 0 Å². The highest BCUT2D eigenvalue weighted by atomic mass is 35.5. The van der Waals surface area contributed by atoms with E-state index in [0.29, 0.717) is 10.8 Å². The Morgan fingerprint density at radius 3 is 2.25 bits per heavy atom. The minimum atomic E-state index is -0.651. The van der Waals surface area contributed by atoms with E-state index in [4.69, 9.17) is 25.8 Å². The second-order valence-electron chi connectivity index (χ2n) is 11.5. The van der Waals surface area contributed by atoms with E-state index < -0.39 is 23.3 Å². The average molecular weight is 568 g/mol. The quantitative estimate of drug-likeness (QED) is 0.270. The second kappa shape index (κ2) is 13.2. The average Bonchev–Trinajstić information content (AvgIpc) is 2.84. The van der Waals surface area contributed by atoms with Gasteiger partial charge in [-0.1, -0.05) is 48.0 Å². The summed E-state index contributed by atoms with van der Waals surface area (Å²) in [5, 5.41) is 13.2. The number of benzene rings is 3. The summed E-state index contributed by atoms with van der Waals surface area (Å²) in [5.74, 6) is 0.270. The fourth-order valence-electron chi connectivity index (χ4n) is 4.00. The summed E-state index contributed by atoms with van der Waals surface area (Å²) in [6.45, 7) is 10.8. The van der Waals surface area contributed by atoms with Crippen LogP contribution in [0.1, 0.15) is 64.3 Å². The molecule has 0 saturated carbocycles. The standard InChI is InChI=1S/C32H38ClNO6/c1-31(2,3)39-29(36)18-24-10-7-8-13-28(24)38-20-21-14-25(17-26(33)15-21)22-11-9-12-23(16-22)27(19-35)34-30(37)40-32(4,5)6/h7-17,27,35H,18-20H2,1-6H3,(H,34,37). The van der Waals surface area contributed by atoms with Crippen molar-refractivity contribution >= 4 is 23.7 Å². The third kappa shape index (κ3) is 9.88. The number of aliphatic hydroxyl groups is 1. The molecule has 0 aromatic heterocycles. The summed E-state index contributed by atoms with van der Waals surface area (Å²) >= 11 is 6.47. The van der Waals surface area contributed by atoms with Crippen molar-refractivity contribution < 1.29 is 28.9 Å². The normalized spacial score (nSPS) is 12.4. The van der Waals surface area contributed by atoms with E-state index in [0.717, 1.165) is 27.8 Å². The van der Waals surface area contributed by atoms with Crippen LogP contribution in [0.4, 0.5) is 4.79 Å². The molecule has 0 fully saturated rings. The Bertz CT molecular complexity index is 1330. The highest BCUT2D eigenvalue weighted by Crippen LogP contribution is 2.29. The SMILES string of the molecule is CC(C)(C)OC(=O)Cc1ccccc1OCc1cc(Cl)cc(-c2cccc(C(CO)NC(=O)OC(C)(C)C)c2)c1. The van der Waals surface area contributed by atoms with Crippen LogP contribution in [0.5, 0.6) is 5.75 Å². The molecular weight excluding hydrogens is 530 g/mol. The lowest BCUT2D eigenvalue weighted by Crippen LogP contribution is -2.36. The molecule has 2 N–H and O–H groups in total. The summed E-state index contributed by atoms with van der Waals surface area (Å²) < 4.78 is 16.9. The first-order chi connectivity index (χ1) is 18.7. The van der Waals surface area contributed by atoms with Crippen LogP contribution in [0.2, 0.25) is 5.02 Å². The number of carbonyl (C=O) groups is 2. The maximum absolute atomic E-state index is 12.4. The van der Waals surface area contributed by atoms with Gasteiger partial charge in [-0.2, -0.15) is 0 Å². The number of rotatable bonds is 9. The zero-order valence-electron chi connectivity index (χ0n) is 23.9. The number of halogens is 1. The van der Waals surface area contributed by atoms with Crippen molar-refractivity contribution in [3.63, 3.8) is 0 Å². The maximum atomic E-state index is 12.4. The van der Waals surface area contributed by atoms with Gasteiger partial charge in [0, 0.05) is 10.6 Å². The summed E-state index contributed by atoms with van der Waals surface area (Å²) in [6.07, 6.45) is -0.504. The van der Waals surface area contributed by atoms with Crippen LogP contribution in [0, 0.1) is 0 Å². The van der Waals surface area contributed by atoms with Gasteiger partial charge in [0.1, 0.15) is 23.6 Å². The van der Waals surface area contributed by atoms with Gasteiger partial charge in [0.05, 0.1) is 19.1 Å². The third-order valence-electron chi connectivity index (χ3n) is 5.58. The van der Waals surface area contributed by atoms with Crippen LogP contribution in [0.15, 0.2) is 66.7 Å². The Kier molecular flexibility index (Phi) is 10.2. The third-order valence-corrected chi connectivity index (χ3v) is 5.79. The number of esters is 1. The molecule has 3 aromatic carbocycles. The number of amides is 1. The number of aliphatic hydroxyl groups excluding tert-OH is 1. The van der Waals surface area contributed by atoms with E-state index in [1.165, 1.54) is 0 Å². The molecule has 0 spiro atoms. The lowest BCUT2D eigenvalue weighted by molar-refractivity contribution is -0.153. The molecule has 1 unspecified atom stereocenters. The first-order valence-corrected chi connectivity index (χ1v) is 13.5. The molecule has 1 atom stereocenters. The minimum Gasteiger partial charge on any atom is -0.489 e. The van der Waals surface area contributed by atoms with E-state index in [9.17, 15) is 14.7 Å². The van der Waals surface area contributed by atoms with Crippen LogP contribution in [-0.2, 0) is 27.3 Å². The highest BCUT2D eigenvalue weighted by molar-refractivity contribution is 6.31. The number of carbonyl (C=O) groups excluding carboxylic acids is 2. The lowest BCUT2D eigenvalue weighted by Gasteiger charge is -2.23. The van der Waals surface area contributed by atoms with E-state index >= 15 is 0 Å². The molecule has 1 amide bonds. The maximum Gasteiger partial charge on any atom is 0.408 e. The number of para-hydroxylation sites is 1. The number of ether oxygens (including phenoxy) is 3. The smallest absolute Gasteiger partial charge is 0.408 e. The molecular formula is C32H38ClNO6. The van der Waals surface area contributed by atoms with Crippen molar-refractivity contribution in [2.45, 2.75) is 71.8 Å². The molecule has 0 aliphatic heterocycles. The van der Waals surface area contributed by atoms with Crippen molar-refractivity contribution in [2.24, 2.45) is 0 Å². The van der Waals surface area contributed by atoms with Gasteiger partial charge in [0.25, 0.3) is 0 Å². The topological polar surface area (TPSA) is 94.1 Å². The zero-order valence-corrected chi connectivity index (χ0v) is 24.7. The molecule has 3 rings (SSSR count). The van der Waals surface area contributed by atoms with Gasteiger partial charge < -0.3 is 24.6 Å². The fourth-order valence-corrected chi connectivity index (χ4v) is 4.26. The van der Waals surface area contributed by atoms with E-state index in [1.54, 1.807) is 20.8 Å². The molecule has 0 saturated heterocycles. The summed E-state index contributed by atoms with van der Waals surface area (Å²) in [6, 6.07) is 19.9. The Labute approximate surface area is 241 Å². The number of alkyl carbamates (subject to hydrolysis) is 1. The first kappa shape index (κ1) is 31.0. The van der Waals surface area contributed by atoms with Gasteiger partial charge in [-0.25, -0.2) is 4.79 Å². The minimum absolute atomic E-state index is 0.102. The van der Waals surface area contributed by atoms with Gasteiger partial charge >= 0.3 is 12.1 Å². The van der Waals surface area contributed by atoms with Gasteiger partial charge in [0.15, 0.2) is 0 Å². The Hall–Kier alpha value is -3.55. The first-order valence-electron chi connectivity index (χ1n) is 13.1. The summed E-state index contributed by atoms with van der Waals surface area (Å²) in [7, 11) is 0. The fraction of sp³-hybridized carbons (Fsp3) is 0.375. The second-order valence-corrected chi connectivity index (χ2v) is 12.0. The molecule has 40 heavy (non-hydrogen) atoms. The van der Waals surface area contributed by atoms with Crippen molar-refractivity contribution in [3.8, 4) is 16.9 Å². The molecule has 0 radical (unpaired) electrons. The predicted octanol–water partition coefficient (Wildman–Crippen LogP) is 7.03. The lowest BCUT2D eigenvalue weighted by atomic mass is 9.98. The van der Waals surface area contributed by atoms with Crippen LogP contribution in [0.25, 0.3) is 11.1 Å². The predicted molar refractivity (Wildman–Crippen MR) is 156 cm³/mol. The van der Waals surface area contributed by atoms with Gasteiger partial charge in [-0.3, -0.25) is 4.79 Å². The molecule has 8 heteroatoms. The summed E-state index contributed by atoms with van der Waals surface area (Å²) in [5.41, 5.74) is 2.79. The van der Waals surface area contributed by atoms with Gasteiger partial charge in [-0.15, -0.1) is 0 Å². The van der Waals surface area contributed by atoms with E-state index in [1.807, 2.05) is 87.5 Å². The van der Waals surface area contributed by atoms with Crippen LogP contribution < -0.4 is 10.1 Å². The van der Waals surface area contributed by atoms with Crippen molar-refractivity contribution in [1.29, 1.82) is 0 Å². The monoisotopic (exact) mass is 567 g/mol. The molecule has 0 heterocycles. The van der Waals surface area contributed by atoms with E-state index in [-0.39, 0.29) is 25.6 Å². The highest BCUT2D eigenvalue weighted by Gasteiger charge is 2.21. The molecule has 7 nitrogen and oxygen atoms in total. The molecule has 0 bridgehead atoms. The van der Waals surface area contributed by atoms with Crippen molar-refractivity contribution in [2.75, 3.05) is 6.61 Å². The molecule has 0 aliphatic carbocycles. The largest absolute Gasteiger partial charge is 0.489 e. The Morgan fingerprint density at radius 1 is 0.875 bits per heavy atom. The molecule has 0 aliphatic rings. The van der Waals surface area contributed by atoms with Crippen LogP contribution in [0.3, 0.4) is 0 Å². The molecule has 3 aromatic rings. The number of nitrogens with one attached hydrogen (secondary N) is 1. The molecule has 214 valence electrons. The van der Waals surface area contributed by atoms with Gasteiger partial charge in [-0.05, 0) is 94.1 Å². The Balaban J connectivity index is 1.77. The van der Waals surface area contributed by atoms with Crippen molar-refractivity contribution in [3.05, 3.63) is 88.4 Å². The van der Waals surface area contributed by atoms with Crippen LogP contribution >= 0.6 is 11.6 Å². The number of hydrogen-bond acceptors (Lipinski definition) is 6. The zero-order chi connectivity index (χ0) is 29.5. The number of hydrogen-bond donors (Lipinski definition) is 2. The van der Waals surface area contributed by atoms with E-state index in [2.05, 4.69) is 5.32 Å². The Morgan fingerprint density at radius 2 is 1.57 bits per heavy atom. The van der Waals surface area contributed by atoms with Crippen LogP contribution in [-0.4, -0.2) is 35.0 Å². The summed E-state index contributed by atoms with van der Waals surface area (Å²) in [4.78, 5) is 24.7.